The molecule has 2 atom stereocenters. The molecule has 0 saturated heterocycles. The van der Waals surface area contributed by atoms with Crippen LogP contribution in [0, 0.1) is 0 Å². The van der Waals surface area contributed by atoms with Gasteiger partial charge in [0.2, 0.25) is 0 Å². The smallest absolute Gasteiger partial charge is 0.186 e. The summed E-state index contributed by atoms with van der Waals surface area (Å²) in [4.78, 5) is 4.76. The van der Waals surface area contributed by atoms with E-state index in [1.165, 1.54) is 11.1 Å². The van der Waals surface area contributed by atoms with Gasteiger partial charge in [-0.25, -0.2) is 4.99 Å². The van der Waals surface area contributed by atoms with Gasteiger partial charge in [0.15, 0.2) is 6.34 Å². The summed E-state index contributed by atoms with van der Waals surface area (Å²) in [7, 11) is 4.42. The normalized spacial score (nSPS) is 23.3. The maximum Gasteiger partial charge on any atom is 0.186 e. The Morgan fingerprint density at radius 3 is 1.85 bits per heavy atom. The van der Waals surface area contributed by atoms with E-state index in [0.717, 1.165) is 4.48 Å². The minimum absolute atomic E-state index is 0. The van der Waals surface area contributed by atoms with Gasteiger partial charge < -0.3 is 12.4 Å². The highest BCUT2D eigenvalue weighted by atomic mass is 35.5. The summed E-state index contributed by atoms with van der Waals surface area (Å²) in [6, 6.07) is 21.8. The molecule has 2 aromatic rings. The van der Waals surface area contributed by atoms with Crippen molar-refractivity contribution >= 4 is 6.34 Å². The second-order valence-corrected chi connectivity index (χ2v) is 5.60. The third kappa shape index (κ3) is 2.62. The quantitative estimate of drug-likeness (QED) is 0.717. The van der Waals surface area contributed by atoms with Gasteiger partial charge in [0.1, 0.15) is 12.1 Å². The van der Waals surface area contributed by atoms with Gasteiger partial charge in [-0.15, -0.1) is 0 Å². The third-order valence-corrected chi connectivity index (χ3v) is 3.82. The van der Waals surface area contributed by atoms with Gasteiger partial charge in [-0.05, 0) is 5.56 Å². The molecule has 3 heteroatoms. The average molecular weight is 287 g/mol. The lowest BCUT2D eigenvalue weighted by Crippen LogP contribution is -3.00. The number of rotatable bonds is 2. The van der Waals surface area contributed by atoms with E-state index in [-0.39, 0.29) is 18.4 Å². The summed E-state index contributed by atoms with van der Waals surface area (Å²) in [5.41, 5.74) is 2.63. The SMILES string of the molecule is C[N+]1(C)C=NC(c2ccccc2)C1c1ccccc1.[Cl-]. The molecular weight excluding hydrogens is 268 g/mol. The van der Waals surface area contributed by atoms with Crippen LogP contribution >= 0.6 is 0 Å². The van der Waals surface area contributed by atoms with Crippen LogP contribution in [0.2, 0.25) is 0 Å². The second kappa shape index (κ2) is 5.78. The molecule has 2 nitrogen and oxygen atoms in total. The molecule has 0 saturated carbocycles. The topological polar surface area (TPSA) is 12.4 Å². The first-order valence-corrected chi connectivity index (χ1v) is 6.66. The van der Waals surface area contributed by atoms with Gasteiger partial charge in [-0.2, -0.15) is 0 Å². The predicted octanol–water partition coefficient (Wildman–Crippen LogP) is 0.591. The molecule has 1 aliphatic heterocycles. The second-order valence-electron chi connectivity index (χ2n) is 5.60. The monoisotopic (exact) mass is 286 g/mol. The van der Waals surface area contributed by atoms with Crippen LogP contribution in [-0.4, -0.2) is 24.9 Å². The molecule has 1 heterocycles. The maximum absolute atomic E-state index is 4.76. The Hall–Kier alpha value is -1.64. The van der Waals surface area contributed by atoms with E-state index in [1.54, 1.807) is 0 Å². The summed E-state index contributed by atoms with van der Waals surface area (Å²) in [6.07, 6.45) is 2.06. The third-order valence-electron chi connectivity index (χ3n) is 3.82. The van der Waals surface area contributed by atoms with Crippen molar-refractivity contribution in [2.24, 2.45) is 4.99 Å². The van der Waals surface area contributed by atoms with Crippen molar-refractivity contribution in [2.45, 2.75) is 12.1 Å². The van der Waals surface area contributed by atoms with Gasteiger partial charge in [0.05, 0.1) is 14.1 Å². The summed E-state index contributed by atoms with van der Waals surface area (Å²) >= 11 is 0. The Bertz CT molecular complexity index is 578. The van der Waals surface area contributed by atoms with Crippen molar-refractivity contribution in [3.8, 4) is 0 Å². The lowest BCUT2D eigenvalue weighted by Gasteiger charge is -2.31. The van der Waals surface area contributed by atoms with E-state index in [1.807, 2.05) is 0 Å². The van der Waals surface area contributed by atoms with Crippen molar-refractivity contribution in [3.05, 3.63) is 71.8 Å². The van der Waals surface area contributed by atoms with Crippen molar-refractivity contribution in [1.82, 2.24) is 0 Å². The van der Waals surface area contributed by atoms with Crippen LogP contribution < -0.4 is 12.4 Å². The first-order chi connectivity index (χ1) is 9.18. The fraction of sp³-hybridized carbons (Fsp3) is 0.235. The molecule has 3 rings (SSSR count). The van der Waals surface area contributed by atoms with E-state index in [9.17, 15) is 0 Å². The van der Waals surface area contributed by atoms with Crippen LogP contribution in [0.3, 0.4) is 0 Å². The maximum atomic E-state index is 4.76. The van der Waals surface area contributed by atoms with Crippen LogP contribution in [0.5, 0.6) is 0 Å². The molecule has 104 valence electrons. The average Bonchev–Trinajstić information content (AvgIpc) is 2.76. The van der Waals surface area contributed by atoms with Crippen molar-refractivity contribution in [2.75, 3.05) is 14.1 Å². The summed E-state index contributed by atoms with van der Waals surface area (Å²) in [5, 5.41) is 0. The summed E-state index contributed by atoms with van der Waals surface area (Å²) < 4.78 is 0.795. The number of hydrogen-bond acceptors (Lipinski definition) is 1. The van der Waals surface area contributed by atoms with Crippen LogP contribution in [0.15, 0.2) is 65.7 Å². The molecule has 0 radical (unpaired) electrons. The van der Waals surface area contributed by atoms with Gasteiger partial charge in [-0.1, -0.05) is 60.7 Å². The molecule has 0 amide bonds. The Balaban J connectivity index is 0.00000147. The molecule has 0 N–H and O–H groups in total. The number of halogens is 1. The number of likely N-dealkylation sites (N-methyl/N-ethyl adjacent to an activating group) is 1. The Labute approximate surface area is 126 Å². The van der Waals surface area contributed by atoms with Crippen molar-refractivity contribution in [1.29, 1.82) is 0 Å². The number of benzene rings is 2. The summed E-state index contributed by atoms with van der Waals surface area (Å²) in [5.74, 6) is 0. The highest BCUT2D eigenvalue weighted by molar-refractivity contribution is 5.52. The van der Waals surface area contributed by atoms with Gasteiger partial charge in [-0.3, -0.25) is 4.48 Å². The minimum Gasteiger partial charge on any atom is -1.00 e. The zero-order chi connectivity index (χ0) is 13.3. The van der Waals surface area contributed by atoms with Gasteiger partial charge in [0, 0.05) is 5.56 Å². The highest BCUT2D eigenvalue weighted by Gasteiger charge is 2.41. The highest BCUT2D eigenvalue weighted by Crippen LogP contribution is 2.42. The van der Waals surface area contributed by atoms with E-state index >= 15 is 0 Å². The lowest BCUT2D eigenvalue weighted by atomic mass is 9.93. The molecule has 2 aromatic carbocycles. The summed E-state index contributed by atoms with van der Waals surface area (Å²) in [6.45, 7) is 0. The van der Waals surface area contributed by atoms with Crippen molar-refractivity contribution < 1.29 is 16.9 Å². The van der Waals surface area contributed by atoms with Crippen LogP contribution in [0.1, 0.15) is 23.2 Å². The fourth-order valence-electron chi connectivity index (χ4n) is 2.90. The molecule has 0 aromatic heterocycles. The largest absolute Gasteiger partial charge is 1.00 e. The number of hydrogen-bond donors (Lipinski definition) is 0. The van der Waals surface area contributed by atoms with Gasteiger partial charge >= 0.3 is 0 Å². The van der Waals surface area contributed by atoms with Crippen LogP contribution in [0.25, 0.3) is 0 Å². The van der Waals surface area contributed by atoms with E-state index in [4.69, 9.17) is 4.99 Å². The molecule has 0 fully saturated rings. The number of nitrogens with zero attached hydrogens (tertiary/aromatic N) is 2. The van der Waals surface area contributed by atoms with Crippen LogP contribution in [-0.2, 0) is 0 Å². The molecule has 20 heavy (non-hydrogen) atoms. The first-order valence-electron chi connectivity index (χ1n) is 6.66. The molecule has 0 bridgehead atoms. The van der Waals surface area contributed by atoms with Gasteiger partial charge in [0.25, 0.3) is 0 Å². The Morgan fingerprint density at radius 1 is 0.800 bits per heavy atom. The van der Waals surface area contributed by atoms with E-state index in [2.05, 4.69) is 81.1 Å². The molecule has 2 unspecified atom stereocenters. The lowest BCUT2D eigenvalue weighted by molar-refractivity contribution is -0.822. The molecule has 1 aliphatic rings. The minimum atomic E-state index is 0. The molecule has 0 aliphatic carbocycles. The Morgan fingerprint density at radius 2 is 1.30 bits per heavy atom. The zero-order valence-corrected chi connectivity index (χ0v) is 12.5. The predicted molar refractivity (Wildman–Crippen MR) is 79.0 cm³/mol. The number of quaternary nitrogens is 1. The fourth-order valence-corrected chi connectivity index (χ4v) is 2.90. The molecular formula is C17H19ClN2. The first kappa shape index (κ1) is 14.8. The molecule has 0 spiro atoms. The number of aliphatic imine (C=N–C) groups is 1. The van der Waals surface area contributed by atoms with E-state index in [0.29, 0.717) is 6.04 Å². The van der Waals surface area contributed by atoms with Crippen molar-refractivity contribution in [3.63, 3.8) is 0 Å². The Kier molecular flexibility index (Phi) is 4.26. The van der Waals surface area contributed by atoms with E-state index < -0.39 is 0 Å². The standard InChI is InChI=1S/C17H19N2.ClH/c1-19(2)13-18-16(14-9-5-3-6-10-14)17(19)15-11-7-4-8-12-15;/h3-13,16-17H,1-2H3;1H/q+1;/p-1. The zero-order valence-electron chi connectivity index (χ0n) is 11.8. The van der Waals surface area contributed by atoms with Crippen LogP contribution in [0.4, 0.5) is 0 Å².